The minimum absolute atomic E-state index is 0.399. The molecule has 2 N–H and O–H groups in total. The van der Waals surface area contributed by atoms with Crippen LogP contribution in [0.2, 0.25) is 0 Å². The van der Waals surface area contributed by atoms with Crippen LogP contribution in [-0.2, 0) is 20.8 Å². The van der Waals surface area contributed by atoms with Crippen LogP contribution in [0.5, 0.6) is 5.75 Å². The SMILES string of the molecule is CC1(C)Oc2ccccc2C([C@H](O)CNCCCCCCOCCOCc2cccc(SC3CCCC3)c2)O1. The van der Waals surface area contributed by atoms with Crippen molar-refractivity contribution in [3.05, 3.63) is 59.7 Å². The van der Waals surface area contributed by atoms with E-state index in [1.807, 2.05) is 49.9 Å². The van der Waals surface area contributed by atoms with E-state index in [4.69, 9.17) is 18.9 Å². The van der Waals surface area contributed by atoms with Crippen LogP contribution in [0.25, 0.3) is 0 Å². The van der Waals surface area contributed by atoms with Crippen molar-refractivity contribution >= 4 is 11.8 Å². The van der Waals surface area contributed by atoms with Crippen molar-refractivity contribution in [2.24, 2.45) is 0 Å². The molecule has 1 aliphatic heterocycles. The number of hydrogen-bond acceptors (Lipinski definition) is 7. The zero-order valence-electron chi connectivity index (χ0n) is 23.7. The summed E-state index contributed by atoms with van der Waals surface area (Å²) in [4.78, 5) is 1.37. The highest BCUT2D eigenvalue weighted by Crippen LogP contribution is 2.40. The molecule has 2 aromatic rings. The maximum absolute atomic E-state index is 10.8. The van der Waals surface area contributed by atoms with Gasteiger partial charge in [-0.25, -0.2) is 0 Å². The predicted molar refractivity (Wildman–Crippen MR) is 157 cm³/mol. The summed E-state index contributed by atoms with van der Waals surface area (Å²) in [6.07, 6.45) is 8.85. The van der Waals surface area contributed by atoms with Crippen molar-refractivity contribution in [2.45, 2.75) is 100.0 Å². The largest absolute Gasteiger partial charge is 0.463 e. The third-order valence-electron chi connectivity index (χ3n) is 7.23. The molecule has 0 aromatic heterocycles. The van der Waals surface area contributed by atoms with Gasteiger partial charge in [-0.3, -0.25) is 0 Å². The normalized spacial score (nSPS) is 19.5. The van der Waals surface area contributed by atoms with E-state index in [-0.39, 0.29) is 0 Å². The molecule has 1 fully saturated rings. The zero-order chi connectivity index (χ0) is 27.3. The van der Waals surface area contributed by atoms with Gasteiger partial charge in [0.25, 0.3) is 0 Å². The summed E-state index contributed by atoms with van der Waals surface area (Å²) >= 11 is 2.03. The number of aliphatic hydroxyl groups excluding tert-OH is 1. The number of benzene rings is 2. The molecule has 1 saturated carbocycles. The Balaban J connectivity index is 0.973. The predicted octanol–water partition coefficient (Wildman–Crippen LogP) is 6.65. The Morgan fingerprint density at radius 3 is 2.64 bits per heavy atom. The van der Waals surface area contributed by atoms with Gasteiger partial charge in [0.2, 0.25) is 5.79 Å². The summed E-state index contributed by atoms with van der Waals surface area (Å²) in [5, 5.41) is 14.9. The fourth-order valence-electron chi connectivity index (χ4n) is 5.23. The van der Waals surface area contributed by atoms with Crippen molar-refractivity contribution in [1.82, 2.24) is 5.32 Å². The number of ether oxygens (including phenoxy) is 4. The number of unbranched alkanes of at least 4 members (excludes halogenated alkanes) is 3. The molecule has 0 radical (unpaired) electrons. The molecule has 0 spiro atoms. The molecule has 1 heterocycles. The molecular weight excluding hydrogens is 510 g/mol. The van der Waals surface area contributed by atoms with Gasteiger partial charge in [0.05, 0.1) is 25.9 Å². The number of nitrogens with one attached hydrogen (secondary N) is 1. The van der Waals surface area contributed by atoms with Crippen LogP contribution in [0.1, 0.15) is 82.4 Å². The first-order valence-corrected chi connectivity index (χ1v) is 15.6. The monoisotopic (exact) mass is 557 g/mol. The Bertz CT molecular complexity index is 981. The second-order valence-electron chi connectivity index (χ2n) is 11.1. The molecule has 6 nitrogen and oxygen atoms in total. The highest BCUT2D eigenvalue weighted by atomic mass is 32.2. The number of thioether (sulfide) groups is 1. The van der Waals surface area contributed by atoms with E-state index < -0.39 is 18.0 Å². The minimum atomic E-state index is -0.756. The highest BCUT2D eigenvalue weighted by molar-refractivity contribution is 8.00. The molecule has 0 saturated heterocycles. The Morgan fingerprint density at radius 1 is 0.974 bits per heavy atom. The number of rotatable bonds is 17. The van der Waals surface area contributed by atoms with Gasteiger partial charge in [0.15, 0.2) is 0 Å². The number of aliphatic hydroxyl groups is 1. The quantitative estimate of drug-likeness (QED) is 0.211. The Labute approximate surface area is 239 Å². The van der Waals surface area contributed by atoms with Crippen LogP contribution in [0.15, 0.2) is 53.4 Å². The Morgan fingerprint density at radius 2 is 1.77 bits per heavy atom. The lowest BCUT2D eigenvalue weighted by atomic mass is 10.0. The van der Waals surface area contributed by atoms with Gasteiger partial charge in [0.1, 0.15) is 11.9 Å². The molecule has 1 unspecified atom stereocenters. The first-order chi connectivity index (χ1) is 19.0. The third kappa shape index (κ3) is 10.4. The molecule has 0 amide bonds. The molecule has 39 heavy (non-hydrogen) atoms. The number of fused-ring (bicyclic) bond motifs is 1. The van der Waals surface area contributed by atoms with Crippen molar-refractivity contribution in [3.8, 4) is 5.75 Å². The summed E-state index contributed by atoms with van der Waals surface area (Å²) in [6, 6.07) is 16.6. The smallest absolute Gasteiger partial charge is 0.205 e. The molecule has 2 atom stereocenters. The van der Waals surface area contributed by atoms with E-state index in [2.05, 4.69) is 29.6 Å². The lowest BCUT2D eigenvalue weighted by Crippen LogP contribution is -2.43. The van der Waals surface area contributed by atoms with Crippen molar-refractivity contribution in [2.75, 3.05) is 32.9 Å². The summed E-state index contributed by atoms with van der Waals surface area (Å²) in [6.45, 7) is 7.82. The van der Waals surface area contributed by atoms with Crippen molar-refractivity contribution < 1.29 is 24.1 Å². The average Bonchev–Trinajstić information content (AvgIpc) is 3.43. The minimum Gasteiger partial charge on any atom is -0.463 e. The van der Waals surface area contributed by atoms with Crippen LogP contribution in [0, 0.1) is 0 Å². The summed E-state index contributed by atoms with van der Waals surface area (Å²) in [5.74, 6) is 0.0263. The van der Waals surface area contributed by atoms with Gasteiger partial charge < -0.3 is 29.4 Å². The third-order valence-corrected chi connectivity index (χ3v) is 8.56. The standard InChI is InChI=1S/C32H47NO5S/c1-32(2)37-30-17-8-7-16-28(30)31(38-32)29(34)23-33-18-9-3-4-10-19-35-20-21-36-24-25-12-11-15-27(22-25)39-26-13-5-6-14-26/h7-8,11-12,15-17,22,26,29,31,33-34H,3-6,9-10,13-14,18-21,23-24H2,1-2H3/t29-,31?/m1/s1. The van der Waals surface area contributed by atoms with E-state index >= 15 is 0 Å². The maximum Gasteiger partial charge on any atom is 0.205 e. The second-order valence-corrected chi connectivity index (χ2v) is 12.5. The lowest BCUT2D eigenvalue weighted by Gasteiger charge is -2.39. The maximum atomic E-state index is 10.8. The number of hydrogen-bond donors (Lipinski definition) is 2. The molecule has 7 heteroatoms. The average molecular weight is 558 g/mol. The Hall–Kier alpha value is -1.61. The molecule has 4 rings (SSSR count). The fraction of sp³-hybridized carbons (Fsp3) is 0.625. The van der Waals surface area contributed by atoms with E-state index in [1.54, 1.807) is 0 Å². The lowest BCUT2D eigenvalue weighted by molar-refractivity contribution is -0.228. The van der Waals surface area contributed by atoms with E-state index in [0.717, 1.165) is 55.4 Å². The van der Waals surface area contributed by atoms with Gasteiger partial charge in [-0.15, -0.1) is 11.8 Å². The van der Waals surface area contributed by atoms with Gasteiger partial charge in [-0.05, 0) is 56.0 Å². The zero-order valence-corrected chi connectivity index (χ0v) is 24.6. The molecule has 0 bridgehead atoms. The molecular formula is C32H47NO5S. The Kier molecular flexibility index (Phi) is 12.4. The summed E-state index contributed by atoms with van der Waals surface area (Å²) in [5.41, 5.74) is 2.15. The topological polar surface area (TPSA) is 69.2 Å². The summed E-state index contributed by atoms with van der Waals surface area (Å²) in [7, 11) is 0. The summed E-state index contributed by atoms with van der Waals surface area (Å²) < 4.78 is 23.5. The van der Waals surface area contributed by atoms with Crippen LogP contribution < -0.4 is 10.1 Å². The van der Waals surface area contributed by atoms with Gasteiger partial charge >= 0.3 is 0 Å². The van der Waals surface area contributed by atoms with Crippen molar-refractivity contribution in [3.63, 3.8) is 0 Å². The van der Waals surface area contributed by atoms with E-state index in [9.17, 15) is 5.11 Å². The first kappa shape index (κ1) is 30.4. The highest BCUT2D eigenvalue weighted by Gasteiger charge is 2.37. The first-order valence-electron chi connectivity index (χ1n) is 14.8. The second kappa shape index (κ2) is 16.0. The van der Waals surface area contributed by atoms with E-state index in [0.29, 0.717) is 26.4 Å². The van der Waals surface area contributed by atoms with Gasteiger partial charge in [-0.2, -0.15) is 0 Å². The molecule has 2 aromatic carbocycles. The molecule has 1 aliphatic carbocycles. The van der Waals surface area contributed by atoms with Crippen molar-refractivity contribution in [1.29, 1.82) is 0 Å². The molecule has 216 valence electrons. The molecule has 2 aliphatic rings. The van der Waals surface area contributed by atoms with Crippen LogP contribution in [0.4, 0.5) is 0 Å². The fourth-order valence-corrected chi connectivity index (χ4v) is 6.56. The van der Waals surface area contributed by atoms with Gasteiger partial charge in [-0.1, -0.05) is 56.0 Å². The number of para-hydroxylation sites is 1. The van der Waals surface area contributed by atoms with Crippen LogP contribution in [-0.4, -0.2) is 55.2 Å². The van der Waals surface area contributed by atoms with Crippen LogP contribution in [0.3, 0.4) is 0 Å². The van der Waals surface area contributed by atoms with E-state index in [1.165, 1.54) is 36.1 Å². The van der Waals surface area contributed by atoms with Gasteiger partial charge in [0, 0.05) is 42.7 Å². The van der Waals surface area contributed by atoms with Crippen LogP contribution >= 0.6 is 11.8 Å².